The predicted molar refractivity (Wildman–Crippen MR) is 126 cm³/mol. The molecule has 2 amide bonds. The number of ketones is 1. The SMILES string of the molecule is CC(C)(C)OC(=O)NCc1ccc([C@@H](Cc2ccccc2)C(OC(N)=O)C(=O)[C@]2(C)CO2)cc1. The first kappa shape index (κ1) is 25.2. The first-order chi connectivity index (χ1) is 16.0. The molecule has 2 aromatic carbocycles. The maximum Gasteiger partial charge on any atom is 0.407 e. The molecular weight excluding hydrogens is 436 g/mol. The second-order valence-electron chi connectivity index (χ2n) is 9.63. The molecule has 1 unspecified atom stereocenters. The molecule has 1 saturated heterocycles. The topological polar surface area (TPSA) is 120 Å². The number of nitrogens with two attached hydrogens (primary N) is 1. The summed E-state index contributed by atoms with van der Waals surface area (Å²) in [7, 11) is 0. The van der Waals surface area contributed by atoms with E-state index in [1.807, 2.05) is 54.6 Å². The number of Topliss-reactive ketones (excluding diaryl/α,β-unsaturated/α-hetero) is 1. The highest BCUT2D eigenvalue weighted by Crippen LogP contribution is 2.35. The normalized spacial score (nSPS) is 18.9. The van der Waals surface area contributed by atoms with Gasteiger partial charge in [-0.1, -0.05) is 54.6 Å². The fourth-order valence-corrected chi connectivity index (χ4v) is 3.63. The van der Waals surface area contributed by atoms with E-state index in [2.05, 4.69) is 5.32 Å². The summed E-state index contributed by atoms with van der Waals surface area (Å²) in [6.45, 7) is 7.63. The van der Waals surface area contributed by atoms with E-state index in [1.165, 1.54) is 0 Å². The fraction of sp³-hybridized carbons (Fsp3) is 0.423. The molecule has 0 spiro atoms. The summed E-state index contributed by atoms with van der Waals surface area (Å²) in [6.07, 6.45) is -2.16. The number of amides is 2. The Morgan fingerprint density at radius 3 is 2.21 bits per heavy atom. The zero-order chi connectivity index (χ0) is 24.9. The number of benzene rings is 2. The second-order valence-corrected chi connectivity index (χ2v) is 9.63. The van der Waals surface area contributed by atoms with Gasteiger partial charge >= 0.3 is 12.2 Å². The van der Waals surface area contributed by atoms with E-state index in [4.69, 9.17) is 19.9 Å². The van der Waals surface area contributed by atoms with E-state index in [0.29, 0.717) is 6.42 Å². The van der Waals surface area contributed by atoms with Crippen LogP contribution in [0.1, 0.15) is 50.3 Å². The summed E-state index contributed by atoms with van der Waals surface area (Å²) in [5.74, 6) is -0.792. The Morgan fingerprint density at radius 2 is 1.68 bits per heavy atom. The summed E-state index contributed by atoms with van der Waals surface area (Å²) in [6, 6.07) is 17.1. The van der Waals surface area contributed by atoms with Gasteiger partial charge in [-0.2, -0.15) is 0 Å². The van der Waals surface area contributed by atoms with Gasteiger partial charge in [-0.15, -0.1) is 0 Å². The lowest BCUT2D eigenvalue weighted by Gasteiger charge is -2.27. The van der Waals surface area contributed by atoms with Crippen molar-refractivity contribution in [3.05, 3.63) is 71.3 Å². The van der Waals surface area contributed by atoms with E-state index in [0.717, 1.165) is 16.7 Å². The molecule has 0 aliphatic carbocycles. The maximum atomic E-state index is 13.2. The Kier molecular flexibility index (Phi) is 7.61. The van der Waals surface area contributed by atoms with Gasteiger partial charge in [-0.3, -0.25) is 4.79 Å². The smallest absolute Gasteiger partial charge is 0.407 e. The van der Waals surface area contributed by atoms with Gasteiger partial charge in [0.25, 0.3) is 0 Å². The molecule has 3 atom stereocenters. The van der Waals surface area contributed by atoms with Crippen molar-refractivity contribution in [2.45, 2.75) is 63.9 Å². The Balaban J connectivity index is 1.83. The molecule has 0 bridgehead atoms. The number of hydrogen-bond donors (Lipinski definition) is 2. The van der Waals surface area contributed by atoms with Gasteiger partial charge < -0.3 is 25.3 Å². The summed E-state index contributed by atoms with van der Waals surface area (Å²) in [4.78, 5) is 36.8. The number of alkyl carbamates (subject to hydrolysis) is 1. The van der Waals surface area contributed by atoms with Crippen molar-refractivity contribution in [3.63, 3.8) is 0 Å². The minimum absolute atomic E-state index is 0.276. The average molecular weight is 469 g/mol. The van der Waals surface area contributed by atoms with Crippen molar-refractivity contribution in [2.24, 2.45) is 5.73 Å². The predicted octanol–water partition coefficient (Wildman–Crippen LogP) is 3.86. The average Bonchev–Trinajstić information content (AvgIpc) is 3.52. The zero-order valence-electron chi connectivity index (χ0n) is 20.0. The molecule has 2 aromatic rings. The number of primary amides is 1. The molecule has 1 fully saturated rings. The van der Waals surface area contributed by atoms with Crippen molar-refractivity contribution in [2.75, 3.05) is 6.61 Å². The monoisotopic (exact) mass is 468 g/mol. The molecule has 1 aliphatic heterocycles. The number of nitrogens with one attached hydrogen (secondary N) is 1. The number of rotatable bonds is 9. The quantitative estimate of drug-likeness (QED) is 0.539. The van der Waals surface area contributed by atoms with Crippen LogP contribution < -0.4 is 11.1 Å². The zero-order valence-corrected chi connectivity index (χ0v) is 20.0. The molecule has 34 heavy (non-hydrogen) atoms. The van der Waals surface area contributed by atoms with E-state index in [-0.39, 0.29) is 18.9 Å². The second kappa shape index (κ2) is 10.3. The lowest BCUT2D eigenvalue weighted by Crippen LogP contribution is -2.42. The third-order valence-electron chi connectivity index (χ3n) is 5.51. The standard InChI is InChI=1S/C26H32N2O6/c1-25(2,3)34-24(31)28-15-18-10-12-19(13-11-18)20(14-17-8-6-5-7-9-17)21(33-23(27)30)22(29)26(4)16-32-26/h5-13,20-21H,14-16H2,1-4H3,(H2,27,30)(H,28,31)/t20-,21?,26+/m1/s1. The van der Waals surface area contributed by atoms with Gasteiger partial charge in [0.05, 0.1) is 6.61 Å². The van der Waals surface area contributed by atoms with Crippen molar-refractivity contribution in [3.8, 4) is 0 Å². The van der Waals surface area contributed by atoms with Gasteiger partial charge in [0.15, 0.2) is 11.7 Å². The van der Waals surface area contributed by atoms with Crippen LogP contribution in [0, 0.1) is 0 Å². The van der Waals surface area contributed by atoms with Crippen LogP contribution in [0.5, 0.6) is 0 Å². The Labute approximate surface area is 199 Å². The number of carbonyl (C=O) groups excluding carboxylic acids is 3. The Bertz CT molecular complexity index is 1010. The number of ether oxygens (including phenoxy) is 3. The molecule has 3 N–H and O–H groups in total. The lowest BCUT2D eigenvalue weighted by atomic mass is 9.82. The highest BCUT2D eigenvalue weighted by atomic mass is 16.6. The maximum absolute atomic E-state index is 13.2. The molecule has 0 saturated carbocycles. The van der Waals surface area contributed by atoms with Gasteiger partial charge in [0, 0.05) is 12.5 Å². The molecule has 3 rings (SSSR count). The van der Waals surface area contributed by atoms with Crippen LogP contribution in [0.4, 0.5) is 9.59 Å². The summed E-state index contributed by atoms with van der Waals surface area (Å²) in [5.41, 5.74) is 6.41. The molecule has 0 radical (unpaired) electrons. The summed E-state index contributed by atoms with van der Waals surface area (Å²) < 4.78 is 16.0. The van der Waals surface area contributed by atoms with Gasteiger partial charge in [-0.05, 0) is 50.8 Å². The van der Waals surface area contributed by atoms with Crippen LogP contribution in [0.25, 0.3) is 0 Å². The molecule has 8 nitrogen and oxygen atoms in total. The highest BCUT2D eigenvalue weighted by molar-refractivity contribution is 5.95. The van der Waals surface area contributed by atoms with Crippen molar-refractivity contribution in [1.82, 2.24) is 5.32 Å². The number of hydrogen-bond acceptors (Lipinski definition) is 6. The lowest BCUT2D eigenvalue weighted by molar-refractivity contribution is -0.133. The summed E-state index contributed by atoms with van der Waals surface area (Å²) >= 11 is 0. The minimum atomic E-state index is -1.10. The molecule has 1 heterocycles. The first-order valence-electron chi connectivity index (χ1n) is 11.2. The molecule has 1 aliphatic rings. The van der Waals surface area contributed by atoms with Crippen LogP contribution in [0.2, 0.25) is 0 Å². The Hall–Kier alpha value is -3.39. The van der Waals surface area contributed by atoms with Crippen LogP contribution in [-0.2, 0) is 32.0 Å². The molecular formula is C26H32N2O6. The van der Waals surface area contributed by atoms with Gasteiger partial charge in [0.1, 0.15) is 5.60 Å². The van der Waals surface area contributed by atoms with E-state index in [9.17, 15) is 14.4 Å². The fourth-order valence-electron chi connectivity index (χ4n) is 3.63. The molecule has 182 valence electrons. The third kappa shape index (κ3) is 7.05. The van der Waals surface area contributed by atoms with E-state index >= 15 is 0 Å². The number of epoxide rings is 1. The Morgan fingerprint density at radius 1 is 1.06 bits per heavy atom. The number of carbonyl (C=O) groups is 3. The minimum Gasteiger partial charge on any atom is -0.444 e. The molecule has 0 aromatic heterocycles. The van der Waals surface area contributed by atoms with Crippen LogP contribution in [-0.4, -0.2) is 41.9 Å². The largest absolute Gasteiger partial charge is 0.444 e. The van der Waals surface area contributed by atoms with E-state index < -0.39 is 35.4 Å². The van der Waals surface area contributed by atoms with Gasteiger partial charge in [0.2, 0.25) is 5.78 Å². The van der Waals surface area contributed by atoms with Gasteiger partial charge in [-0.25, -0.2) is 9.59 Å². The van der Waals surface area contributed by atoms with Crippen molar-refractivity contribution >= 4 is 18.0 Å². The van der Waals surface area contributed by atoms with E-state index in [1.54, 1.807) is 27.7 Å². The third-order valence-corrected chi connectivity index (χ3v) is 5.51. The summed E-state index contributed by atoms with van der Waals surface area (Å²) in [5, 5.41) is 2.72. The van der Waals surface area contributed by atoms with Crippen LogP contribution in [0.15, 0.2) is 54.6 Å². The van der Waals surface area contributed by atoms with Crippen molar-refractivity contribution < 1.29 is 28.6 Å². The highest BCUT2D eigenvalue weighted by Gasteiger charge is 2.53. The van der Waals surface area contributed by atoms with Crippen LogP contribution >= 0.6 is 0 Å². The molecule has 8 heteroatoms. The first-order valence-corrected chi connectivity index (χ1v) is 11.2. The van der Waals surface area contributed by atoms with Crippen molar-refractivity contribution in [1.29, 1.82) is 0 Å². The van der Waals surface area contributed by atoms with Crippen LogP contribution in [0.3, 0.4) is 0 Å².